The Morgan fingerprint density at radius 1 is 1.10 bits per heavy atom. The van der Waals surface area contributed by atoms with Crippen molar-refractivity contribution in [1.82, 2.24) is 9.97 Å². The molecular weight excluding hydrogens is 272 g/mol. The molecule has 1 aromatic rings. The van der Waals surface area contributed by atoms with Crippen LogP contribution in [0, 0.1) is 0 Å². The zero-order valence-corrected chi connectivity index (χ0v) is 10.4. The fourth-order valence-corrected chi connectivity index (χ4v) is 2.15. The topological polar surface area (TPSA) is 156 Å². The lowest BCUT2D eigenvalue weighted by Gasteiger charge is -2.40. The summed E-state index contributed by atoms with van der Waals surface area (Å²) in [5, 5.41) is 38.1. The molecule has 1 aliphatic heterocycles. The summed E-state index contributed by atoms with van der Waals surface area (Å²) in [6.45, 7) is -0.538. The average Bonchev–Trinajstić information content (AvgIpc) is 2.42. The SMILES string of the molecule is O=c1[nH]cc(C[C@H]2O[C@H](CO)[C@@H](O)[C@H](O)[C@H]2O)c(=O)[nH]1. The Morgan fingerprint density at radius 2 is 1.75 bits per heavy atom. The highest BCUT2D eigenvalue weighted by atomic mass is 16.5. The summed E-state index contributed by atoms with van der Waals surface area (Å²) in [4.78, 5) is 26.7. The van der Waals surface area contributed by atoms with Crippen LogP contribution < -0.4 is 11.2 Å². The van der Waals surface area contributed by atoms with Gasteiger partial charge in [0.05, 0.1) is 12.7 Å². The maximum atomic E-state index is 11.5. The van der Waals surface area contributed by atoms with Crippen molar-refractivity contribution < 1.29 is 25.2 Å². The fraction of sp³-hybridized carbons (Fsp3) is 0.636. The predicted molar refractivity (Wildman–Crippen MR) is 65.2 cm³/mol. The third-order valence-corrected chi connectivity index (χ3v) is 3.31. The molecule has 0 spiro atoms. The molecule has 9 heteroatoms. The molecule has 1 fully saturated rings. The van der Waals surface area contributed by atoms with Crippen LogP contribution in [0.5, 0.6) is 0 Å². The fourth-order valence-electron chi connectivity index (χ4n) is 2.15. The number of aliphatic hydroxyl groups excluding tert-OH is 4. The summed E-state index contributed by atoms with van der Waals surface area (Å²) in [6, 6.07) is 0. The molecule has 1 saturated heterocycles. The Kier molecular flexibility index (Phi) is 4.35. The summed E-state index contributed by atoms with van der Waals surface area (Å²) < 4.78 is 5.26. The molecule has 112 valence electrons. The lowest BCUT2D eigenvalue weighted by atomic mass is 9.92. The first kappa shape index (κ1) is 14.9. The van der Waals surface area contributed by atoms with E-state index < -0.39 is 48.4 Å². The van der Waals surface area contributed by atoms with Crippen molar-refractivity contribution in [2.75, 3.05) is 6.61 Å². The molecule has 5 atom stereocenters. The van der Waals surface area contributed by atoms with Crippen molar-refractivity contribution in [3.63, 3.8) is 0 Å². The highest BCUT2D eigenvalue weighted by Gasteiger charge is 2.43. The van der Waals surface area contributed by atoms with E-state index in [1.807, 2.05) is 4.98 Å². The Balaban J connectivity index is 2.19. The second kappa shape index (κ2) is 5.85. The van der Waals surface area contributed by atoms with Gasteiger partial charge in [-0.3, -0.25) is 9.78 Å². The van der Waals surface area contributed by atoms with E-state index in [-0.39, 0.29) is 12.0 Å². The summed E-state index contributed by atoms with van der Waals surface area (Å²) in [5.41, 5.74) is -1.15. The molecule has 0 bridgehead atoms. The molecule has 0 radical (unpaired) electrons. The van der Waals surface area contributed by atoms with Crippen molar-refractivity contribution in [1.29, 1.82) is 0 Å². The minimum Gasteiger partial charge on any atom is -0.394 e. The quantitative estimate of drug-likeness (QED) is 0.336. The van der Waals surface area contributed by atoms with Crippen LogP contribution in [0.4, 0.5) is 0 Å². The summed E-state index contributed by atoms with van der Waals surface area (Å²) in [5.74, 6) is 0. The molecule has 2 rings (SSSR count). The number of hydrogen-bond donors (Lipinski definition) is 6. The van der Waals surface area contributed by atoms with E-state index in [0.717, 1.165) is 0 Å². The summed E-state index contributed by atoms with van der Waals surface area (Å²) >= 11 is 0. The van der Waals surface area contributed by atoms with E-state index in [1.165, 1.54) is 6.20 Å². The number of nitrogens with one attached hydrogen (secondary N) is 2. The molecule has 20 heavy (non-hydrogen) atoms. The third-order valence-electron chi connectivity index (χ3n) is 3.31. The van der Waals surface area contributed by atoms with Crippen LogP contribution in [0.25, 0.3) is 0 Å². The van der Waals surface area contributed by atoms with Gasteiger partial charge in [-0.15, -0.1) is 0 Å². The highest BCUT2D eigenvalue weighted by Crippen LogP contribution is 2.22. The first-order valence-corrected chi connectivity index (χ1v) is 6.05. The van der Waals surface area contributed by atoms with Crippen LogP contribution in [0.15, 0.2) is 15.8 Å². The lowest BCUT2D eigenvalue weighted by molar-refractivity contribution is -0.228. The number of ether oxygens (including phenoxy) is 1. The maximum Gasteiger partial charge on any atom is 0.325 e. The first-order chi connectivity index (χ1) is 9.43. The molecule has 6 N–H and O–H groups in total. The van der Waals surface area contributed by atoms with Crippen LogP contribution in [0.1, 0.15) is 5.56 Å². The summed E-state index contributed by atoms with van der Waals surface area (Å²) in [7, 11) is 0. The van der Waals surface area contributed by atoms with E-state index in [9.17, 15) is 24.9 Å². The zero-order chi connectivity index (χ0) is 14.9. The molecule has 0 aromatic carbocycles. The Hall–Kier alpha value is -1.52. The molecule has 0 aliphatic carbocycles. The second-order valence-electron chi connectivity index (χ2n) is 4.67. The Morgan fingerprint density at radius 3 is 2.35 bits per heavy atom. The predicted octanol–water partition coefficient (Wildman–Crippen LogP) is -3.55. The molecular formula is C11H16N2O7. The van der Waals surface area contributed by atoms with Gasteiger partial charge in [0, 0.05) is 18.2 Å². The van der Waals surface area contributed by atoms with E-state index in [0.29, 0.717) is 0 Å². The van der Waals surface area contributed by atoms with E-state index in [1.54, 1.807) is 0 Å². The van der Waals surface area contributed by atoms with E-state index >= 15 is 0 Å². The third kappa shape index (κ3) is 2.81. The van der Waals surface area contributed by atoms with Crippen LogP contribution in [-0.2, 0) is 11.2 Å². The van der Waals surface area contributed by atoms with Gasteiger partial charge in [0.25, 0.3) is 5.56 Å². The van der Waals surface area contributed by atoms with Crippen molar-refractivity contribution in [2.45, 2.75) is 36.9 Å². The van der Waals surface area contributed by atoms with Crippen LogP contribution >= 0.6 is 0 Å². The number of aromatic amines is 2. The van der Waals surface area contributed by atoms with Gasteiger partial charge in [-0.25, -0.2) is 4.79 Å². The molecule has 0 amide bonds. The minimum atomic E-state index is -1.49. The van der Waals surface area contributed by atoms with E-state index in [4.69, 9.17) is 9.84 Å². The van der Waals surface area contributed by atoms with Gasteiger partial charge in [0.2, 0.25) is 0 Å². The molecule has 9 nitrogen and oxygen atoms in total. The van der Waals surface area contributed by atoms with Crippen LogP contribution in [0.2, 0.25) is 0 Å². The van der Waals surface area contributed by atoms with Crippen LogP contribution in [0.3, 0.4) is 0 Å². The van der Waals surface area contributed by atoms with Gasteiger partial charge in [-0.05, 0) is 0 Å². The van der Waals surface area contributed by atoms with Gasteiger partial charge in [-0.1, -0.05) is 0 Å². The molecule has 2 heterocycles. The number of hydrogen-bond acceptors (Lipinski definition) is 7. The first-order valence-electron chi connectivity index (χ1n) is 6.05. The monoisotopic (exact) mass is 288 g/mol. The van der Waals surface area contributed by atoms with Crippen molar-refractivity contribution >= 4 is 0 Å². The number of H-pyrrole nitrogens is 2. The molecule has 1 aliphatic rings. The van der Waals surface area contributed by atoms with Gasteiger partial charge >= 0.3 is 5.69 Å². The maximum absolute atomic E-state index is 11.5. The van der Waals surface area contributed by atoms with Crippen LogP contribution in [-0.4, -0.2) is 67.5 Å². The van der Waals surface area contributed by atoms with Crippen molar-refractivity contribution in [2.24, 2.45) is 0 Å². The van der Waals surface area contributed by atoms with Gasteiger partial charge in [0.1, 0.15) is 24.4 Å². The average molecular weight is 288 g/mol. The van der Waals surface area contributed by atoms with Crippen molar-refractivity contribution in [3.8, 4) is 0 Å². The lowest BCUT2D eigenvalue weighted by Crippen LogP contribution is -2.59. The highest BCUT2D eigenvalue weighted by molar-refractivity contribution is 5.07. The number of aliphatic hydroxyl groups is 4. The smallest absolute Gasteiger partial charge is 0.325 e. The zero-order valence-electron chi connectivity index (χ0n) is 10.4. The van der Waals surface area contributed by atoms with Gasteiger partial charge in [0.15, 0.2) is 0 Å². The van der Waals surface area contributed by atoms with E-state index in [2.05, 4.69) is 4.98 Å². The number of rotatable bonds is 3. The Labute approximate surface area is 112 Å². The second-order valence-corrected chi connectivity index (χ2v) is 4.67. The minimum absolute atomic E-state index is 0.0897. The standard InChI is InChI=1S/C11H16N2O7/c14-3-6-8(16)9(17)7(15)5(20-6)1-4-2-12-11(19)13-10(4)18/h2,5-9,14-17H,1,3H2,(H2,12,13,18,19)/t5-,6-,7+,8-,9-/m1/s1. The molecule has 0 unspecified atom stereocenters. The normalized spacial score (nSPS) is 34.1. The van der Waals surface area contributed by atoms with Gasteiger partial charge < -0.3 is 30.1 Å². The van der Waals surface area contributed by atoms with Crippen molar-refractivity contribution in [3.05, 3.63) is 32.6 Å². The Bertz CT molecular complexity index is 566. The molecule has 1 aromatic heterocycles. The summed E-state index contributed by atoms with van der Waals surface area (Å²) in [6.07, 6.45) is -5.28. The molecule has 0 saturated carbocycles. The largest absolute Gasteiger partial charge is 0.394 e. The number of aromatic nitrogens is 2. The van der Waals surface area contributed by atoms with Gasteiger partial charge in [-0.2, -0.15) is 0 Å².